The van der Waals surface area contributed by atoms with Gasteiger partial charge in [-0.2, -0.15) is 17.5 Å². The largest absolute Gasteiger partial charge is 0.488 e. The number of hydrogen-bond acceptors (Lipinski definition) is 8. The van der Waals surface area contributed by atoms with E-state index in [2.05, 4.69) is 10.5 Å². The van der Waals surface area contributed by atoms with Gasteiger partial charge in [-0.15, -0.1) is 0 Å². The van der Waals surface area contributed by atoms with Crippen LogP contribution in [0.3, 0.4) is 0 Å². The number of halogens is 3. The Hall–Kier alpha value is -3.17. The average Bonchev–Trinajstić information content (AvgIpc) is 3.25. The number of fused-ring (bicyclic) bond motifs is 1. The Labute approximate surface area is 236 Å². The maximum absolute atomic E-state index is 13.4. The molecule has 11 nitrogen and oxygen atoms in total. The lowest BCUT2D eigenvalue weighted by Crippen LogP contribution is -2.48. The number of nitrogens with zero attached hydrogens (tertiary/aromatic N) is 3. The summed E-state index contributed by atoms with van der Waals surface area (Å²) in [5.74, 6) is -1.19. The van der Waals surface area contributed by atoms with Crippen molar-refractivity contribution in [2.75, 3.05) is 32.1 Å². The van der Waals surface area contributed by atoms with Gasteiger partial charge < -0.3 is 24.6 Å². The Morgan fingerprint density at radius 2 is 2.00 bits per heavy atom. The minimum Gasteiger partial charge on any atom is -0.488 e. The van der Waals surface area contributed by atoms with Crippen molar-refractivity contribution < 1.29 is 45.5 Å². The fourth-order valence-electron chi connectivity index (χ4n) is 4.55. The summed E-state index contributed by atoms with van der Waals surface area (Å²) < 4.78 is 76.8. The molecule has 0 saturated carbocycles. The molecule has 1 aliphatic heterocycles. The van der Waals surface area contributed by atoms with Crippen LogP contribution in [0.25, 0.3) is 0 Å². The zero-order valence-electron chi connectivity index (χ0n) is 23.5. The van der Waals surface area contributed by atoms with Crippen LogP contribution in [0.5, 0.6) is 5.75 Å². The van der Waals surface area contributed by atoms with Crippen LogP contribution in [0.2, 0.25) is 0 Å². The summed E-state index contributed by atoms with van der Waals surface area (Å²) in [5, 5.41) is 15.9. The van der Waals surface area contributed by atoms with Crippen LogP contribution in [0.1, 0.15) is 43.7 Å². The van der Waals surface area contributed by atoms with Crippen LogP contribution in [0, 0.1) is 19.8 Å². The summed E-state index contributed by atoms with van der Waals surface area (Å²) in [7, 11) is -2.63. The van der Waals surface area contributed by atoms with E-state index in [1.165, 1.54) is 44.0 Å². The molecule has 0 unspecified atom stereocenters. The monoisotopic (exact) mass is 604 g/mol. The van der Waals surface area contributed by atoms with Crippen LogP contribution in [-0.2, 0) is 26.0 Å². The van der Waals surface area contributed by atoms with Crippen molar-refractivity contribution in [2.24, 2.45) is 5.92 Å². The number of nitrogens with one attached hydrogen (secondary N) is 1. The molecule has 0 spiro atoms. The van der Waals surface area contributed by atoms with Crippen molar-refractivity contribution >= 4 is 27.5 Å². The first-order chi connectivity index (χ1) is 19.0. The normalized spacial score (nSPS) is 19.2. The van der Waals surface area contributed by atoms with Gasteiger partial charge >= 0.3 is 6.18 Å². The number of aliphatic hydroxyl groups is 1. The Bertz CT molecular complexity index is 1340. The van der Waals surface area contributed by atoms with E-state index >= 15 is 0 Å². The van der Waals surface area contributed by atoms with Gasteiger partial charge in [-0.1, -0.05) is 12.1 Å². The summed E-state index contributed by atoms with van der Waals surface area (Å²) in [6.07, 6.45) is -7.46. The van der Waals surface area contributed by atoms with Gasteiger partial charge in [0.1, 0.15) is 22.4 Å². The molecule has 1 aromatic heterocycles. The summed E-state index contributed by atoms with van der Waals surface area (Å²) in [5.41, 5.74) is 0.728. The molecule has 41 heavy (non-hydrogen) atoms. The SMILES string of the molecule is Cc1noc(C)c1S(=O)(=O)N(C)C[C@@H]1Oc2ccc(NC(=O)CCC(F)(F)F)cc2CC(=O)N([C@@H](C)CO)C[C@H]1C. The van der Waals surface area contributed by atoms with Gasteiger partial charge in [-0.25, -0.2) is 8.42 Å². The summed E-state index contributed by atoms with van der Waals surface area (Å²) in [4.78, 5) is 26.8. The number of carbonyl (C=O) groups excluding carboxylic acids is 2. The van der Waals surface area contributed by atoms with E-state index in [0.29, 0.717) is 5.56 Å². The molecule has 0 bridgehead atoms. The topological polar surface area (TPSA) is 142 Å². The van der Waals surface area contributed by atoms with Gasteiger partial charge in [0.25, 0.3) is 0 Å². The zero-order chi connectivity index (χ0) is 30.7. The predicted molar refractivity (Wildman–Crippen MR) is 142 cm³/mol. The number of aromatic nitrogens is 1. The van der Waals surface area contributed by atoms with Crippen LogP contribution < -0.4 is 10.1 Å². The van der Waals surface area contributed by atoms with Crippen molar-refractivity contribution in [3.8, 4) is 5.75 Å². The minimum atomic E-state index is -4.48. The van der Waals surface area contributed by atoms with Crippen molar-refractivity contribution in [3.63, 3.8) is 0 Å². The van der Waals surface area contributed by atoms with Crippen molar-refractivity contribution in [1.29, 1.82) is 0 Å². The Balaban J connectivity index is 1.94. The number of aryl methyl sites for hydroxylation is 2. The molecular weight excluding hydrogens is 569 g/mol. The summed E-state index contributed by atoms with van der Waals surface area (Å²) >= 11 is 0. The molecule has 228 valence electrons. The fourth-order valence-corrected chi connectivity index (χ4v) is 6.02. The number of likely N-dealkylation sites (N-methyl/N-ethyl adjacent to an activating group) is 1. The molecule has 1 aliphatic rings. The molecular formula is C26H35F3N4O7S. The van der Waals surface area contributed by atoms with E-state index in [4.69, 9.17) is 9.26 Å². The van der Waals surface area contributed by atoms with Crippen LogP contribution >= 0.6 is 0 Å². The Morgan fingerprint density at radius 3 is 2.59 bits per heavy atom. The zero-order valence-corrected chi connectivity index (χ0v) is 24.3. The van der Waals surface area contributed by atoms with E-state index in [1.54, 1.807) is 13.8 Å². The molecule has 2 heterocycles. The van der Waals surface area contributed by atoms with Crippen molar-refractivity contribution in [2.45, 2.75) is 70.2 Å². The number of carbonyl (C=O) groups is 2. The van der Waals surface area contributed by atoms with Gasteiger partial charge in [-0.05, 0) is 39.0 Å². The maximum atomic E-state index is 13.4. The first-order valence-electron chi connectivity index (χ1n) is 13.0. The fraction of sp³-hybridized carbons (Fsp3) is 0.577. The van der Waals surface area contributed by atoms with Gasteiger partial charge in [0.05, 0.1) is 32.0 Å². The van der Waals surface area contributed by atoms with Crippen molar-refractivity contribution in [3.05, 3.63) is 35.2 Å². The Kier molecular flexibility index (Phi) is 10.1. The number of amides is 2. The molecule has 15 heteroatoms. The second-order valence-electron chi connectivity index (χ2n) is 10.3. The molecule has 2 aromatic rings. The molecule has 0 radical (unpaired) electrons. The number of sulfonamides is 1. The van der Waals surface area contributed by atoms with Crippen molar-refractivity contribution in [1.82, 2.24) is 14.4 Å². The highest BCUT2D eigenvalue weighted by Crippen LogP contribution is 2.31. The number of benzene rings is 1. The van der Waals surface area contributed by atoms with E-state index in [0.717, 1.165) is 4.31 Å². The second kappa shape index (κ2) is 12.8. The summed E-state index contributed by atoms with van der Waals surface area (Å²) in [6, 6.07) is 3.81. The highest BCUT2D eigenvalue weighted by molar-refractivity contribution is 7.89. The Morgan fingerprint density at radius 1 is 1.32 bits per heavy atom. The van der Waals surface area contributed by atoms with Crippen LogP contribution in [0.4, 0.5) is 18.9 Å². The van der Waals surface area contributed by atoms with E-state index in [9.17, 15) is 36.3 Å². The lowest BCUT2D eigenvalue weighted by atomic mass is 10.0. The maximum Gasteiger partial charge on any atom is 0.389 e. The van der Waals surface area contributed by atoms with Gasteiger partial charge in [0.15, 0.2) is 5.76 Å². The molecule has 0 saturated heterocycles. The number of anilines is 1. The van der Waals surface area contributed by atoms with Crippen LogP contribution in [0.15, 0.2) is 27.6 Å². The second-order valence-corrected chi connectivity index (χ2v) is 12.3. The first-order valence-corrected chi connectivity index (χ1v) is 14.4. The molecule has 3 rings (SSSR count). The predicted octanol–water partition coefficient (Wildman–Crippen LogP) is 3.04. The molecule has 2 amide bonds. The molecule has 1 aromatic carbocycles. The number of alkyl halides is 3. The lowest BCUT2D eigenvalue weighted by molar-refractivity contribution is -0.142. The average molecular weight is 605 g/mol. The third-order valence-electron chi connectivity index (χ3n) is 6.91. The van der Waals surface area contributed by atoms with Gasteiger partial charge in [0, 0.05) is 37.2 Å². The smallest absolute Gasteiger partial charge is 0.389 e. The number of rotatable bonds is 9. The number of aliphatic hydroxyl groups excluding tert-OH is 1. The van der Waals surface area contributed by atoms with Gasteiger partial charge in [0.2, 0.25) is 21.8 Å². The van der Waals surface area contributed by atoms with Crippen LogP contribution in [-0.4, -0.2) is 84.8 Å². The summed E-state index contributed by atoms with van der Waals surface area (Å²) in [6.45, 7) is 6.21. The standard InChI is InChI=1S/C26H35F3N4O7S/c1-15-12-33(16(2)14-34)24(36)11-19-10-20(30-23(35)8-9-26(27,28)29)6-7-21(19)39-22(15)13-32(5)41(37,38)25-17(3)31-40-18(25)4/h6-7,10,15-16,22,34H,8-9,11-14H2,1-5H3,(H,30,35)/t15-,16+,22+/m1/s1. The minimum absolute atomic E-state index is 0.0484. The first kappa shape index (κ1) is 32.3. The quantitative estimate of drug-likeness (QED) is 0.445. The highest BCUT2D eigenvalue weighted by Gasteiger charge is 2.35. The third kappa shape index (κ3) is 7.98. The van der Waals surface area contributed by atoms with Gasteiger partial charge in [-0.3, -0.25) is 9.59 Å². The third-order valence-corrected chi connectivity index (χ3v) is 8.98. The molecule has 3 atom stereocenters. The number of hydrogen-bond donors (Lipinski definition) is 2. The molecule has 0 fully saturated rings. The molecule has 2 N–H and O–H groups in total. The highest BCUT2D eigenvalue weighted by atomic mass is 32.2. The molecule has 0 aliphatic carbocycles. The van der Waals surface area contributed by atoms with E-state index in [1.807, 2.05) is 0 Å². The van der Waals surface area contributed by atoms with E-state index < -0.39 is 53.0 Å². The lowest BCUT2D eigenvalue weighted by Gasteiger charge is -2.33. The number of ether oxygens (including phenoxy) is 1. The van der Waals surface area contributed by atoms with E-state index in [-0.39, 0.29) is 59.8 Å².